The van der Waals surface area contributed by atoms with E-state index in [9.17, 15) is 4.79 Å². The Morgan fingerprint density at radius 2 is 2.06 bits per heavy atom. The van der Waals surface area contributed by atoms with Gasteiger partial charge in [-0.05, 0) is 28.2 Å². The van der Waals surface area contributed by atoms with E-state index in [0.29, 0.717) is 10.2 Å². The largest absolute Gasteiger partial charge is 0.356 e. The van der Waals surface area contributed by atoms with Gasteiger partial charge >= 0.3 is 0 Å². The average molecular weight is 342 g/mol. The fraction of sp³-hybridized carbons (Fsp3) is 0.167. The molecule has 0 atom stereocenters. The molecule has 0 saturated carbocycles. The van der Waals surface area contributed by atoms with Crippen LogP contribution in [0.4, 0.5) is 0 Å². The van der Waals surface area contributed by atoms with Crippen molar-refractivity contribution >= 4 is 22.6 Å². The van der Waals surface area contributed by atoms with Gasteiger partial charge in [-0.1, -0.05) is 30.3 Å². The predicted octanol–water partition coefficient (Wildman–Crippen LogP) is 2.02. The average Bonchev–Trinajstić information content (AvgIpc) is 2.36. The fourth-order valence-corrected chi connectivity index (χ4v) is 1.82. The number of benzene rings is 1. The molecule has 0 bridgehead atoms. The van der Waals surface area contributed by atoms with Gasteiger partial charge in [-0.2, -0.15) is 0 Å². The SMILES string of the molecule is O=c1c(I)cncn1COCc1ccccc1. The van der Waals surface area contributed by atoms with Crippen LogP contribution < -0.4 is 5.56 Å². The first-order valence-corrected chi connectivity index (χ1v) is 6.17. The standard InChI is InChI=1S/C12H11IN2O2/c13-11-6-14-8-15(12(11)16)9-17-7-10-4-2-1-3-5-10/h1-6,8H,7,9H2. The lowest BCUT2D eigenvalue weighted by Gasteiger charge is -2.06. The van der Waals surface area contributed by atoms with Crippen molar-refractivity contribution in [1.29, 1.82) is 0 Å². The monoisotopic (exact) mass is 342 g/mol. The maximum absolute atomic E-state index is 11.6. The van der Waals surface area contributed by atoms with Crippen molar-refractivity contribution in [2.75, 3.05) is 0 Å². The number of halogens is 1. The van der Waals surface area contributed by atoms with Crippen LogP contribution in [0.15, 0.2) is 47.7 Å². The molecule has 17 heavy (non-hydrogen) atoms. The molecule has 4 nitrogen and oxygen atoms in total. The molecule has 0 aliphatic rings. The Kier molecular flexibility index (Phi) is 4.27. The maximum Gasteiger partial charge on any atom is 0.268 e. The van der Waals surface area contributed by atoms with Gasteiger partial charge < -0.3 is 4.74 Å². The summed E-state index contributed by atoms with van der Waals surface area (Å²) in [6.07, 6.45) is 3.02. The van der Waals surface area contributed by atoms with Crippen LogP contribution in [0.2, 0.25) is 0 Å². The summed E-state index contributed by atoms with van der Waals surface area (Å²) in [5.41, 5.74) is 1.01. The molecule has 0 unspecified atom stereocenters. The maximum atomic E-state index is 11.6. The molecule has 5 heteroatoms. The van der Waals surface area contributed by atoms with E-state index in [1.807, 2.05) is 52.9 Å². The van der Waals surface area contributed by atoms with Crippen LogP contribution in [0.1, 0.15) is 5.56 Å². The molecule has 0 saturated heterocycles. The number of hydrogen-bond donors (Lipinski definition) is 0. The highest BCUT2D eigenvalue weighted by Gasteiger charge is 2.00. The first kappa shape index (κ1) is 12.3. The van der Waals surface area contributed by atoms with Gasteiger partial charge in [0, 0.05) is 6.20 Å². The van der Waals surface area contributed by atoms with Crippen LogP contribution in [0.5, 0.6) is 0 Å². The highest BCUT2D eigenvalue weighted by Crippen LogP contribution is 2.01. The first-order chi connectivity index (χ1) is 8.27. The molecule has 88 valence electrons. The normalized spacial score (nSPS) is 10.4. The van der Waals surface area contributed by atoms with E-state index in [1.165, 1.54) is 17.1 Å². The summed E-state index contributed by atoms with van der Waals surface area (Å²) in [7, 11) is 0. The van der Waals surface area contributed by atoms with Gasteiger partial charge in [-0.25, -0.2) is 4.98 Å². The summed E-state index contributed by atoms with van der Waals surface area (Å²) in [5, 5.41) is 0. The van der Waals surface area contributed by atoms with Gasteiger partial charge in [0.05, 0.1) is 16.5 Å². The molecule has 0 fully saturated rings. The zero-order valence-corrected chi connectivity index (χ0v) is 11.2. The second-order valence-electron chi connectivity index (χ2n) is 3.48. The summed E-state index contributed by atoms with van der Waals surface area (Å²) < 4.78 is 7.50. The number of aromatic nitrogens is 2. The first-order valence-electron chi connectivity index (χ1n) is 5.09. The molecule has 0 spiro atoms. The van der Waals surface area contributed by atoms with E-state index in [0.717, 1.165) is 5.56 Å². The minimum atomic E-state index is -0.0753. The van der Waals surface area contributed by atoms with Crippen LogP contribution >= 0.6 is 22.6 Å². The molecule has 0 aliphatic carbocycles. The van der Waals surface area contributed by atoms with Crippen LogP contribution in [0, 0.1) is 3.57 Å². The third kappa shape index (κ3) is 3.37. The quantitative estimate of drug-likeness (QED) is 0.799. The Labute approximate surface area is 112 Å². The molecule has 0 radical (unpaired) electrons. The Balaban J connectivity index is 1.95. The van der Waals surface area contributed by atoms with Gasteiger partial charge in [0.25, 0.3) is 5.56 Å². The molecular formula is C12H11IN2O2. The Morgan fingerprint density at radius 3 is 2.82 bits per heavy atom. The minimum absolute atomic E-state index is 0.0753. The molecule has 1 aromatic heterocycles. The van der Waals surface area contributed by atoms with Gasteiger partial charge in [0.1, 0.15) is 6.73 Å². The topological polar surface area (TPSA) is 44.1 Å². The lowest BCUT2D eigenvalue weighted by Crippen LogP contribution is -2.23. The van der Waals surface area contributed by atoms with Crippen molar-refractivity contribution in [3.05, 3.63) is 62.3 Å². The molecule has 1 aromatic carbocycles. The predicted molar refractivity (Wildman–Crippen MR) is 72.4 cm³/mol. The minimum Gasteiger partial charge on any atom is -0.356 e. The lowest BCUT2D eigenvalue weighted by molar-refractivity contribution is 0.0609. The highest BCUT2D eigenvalue weighted by molar-refractivity contribution is 14.1. The van der Waals surface area contributed by atoms with Gasteiger partial charge in [0.2, 0.25) is 0 Å². The molecule has 0 N–H and O–H groups in total. The number of ether oxygens (including phenoxy) is 1. The zero-order valence-electron chi connectivity index (χ0n) is 9.04. The fourth-order valence-electron chi connectivity index (χ4n) is 1.35. The summed E-state index contributed by atoms with van der Waals surface area (Å²) >= 11 is 1.96. The van der Waals surface area contributed by atoms with Crippen LogP contribution in [0.25, 0.3) is 0 Å². The number of rotatable bonds is 4. The smallest absolute Gasteiger partial charge is 0.268 e. The van der Waals surface area contributed by atoms with E-state index >= 15 is 0 Å². The molecule has 0 aliphatic heterocycles. The van der Waals surface area contributed by atoms with Crippen LogP contribution in [-0.4, -0.2) is 9.55 Å². The van der Waals surface area contributed by atoms with Crippen molar-refractivity contribution in [2.45, 2.75) is 13.3 Å². The second kappa shape index (κ2) is 5.92. The molecule has 2 rings (SSSR count). The Morgan fingerprint density at radius 1 is 1.29 bits per heavy atom. The van der Waals surface area contributed by atoms with Crippen molar-refractivity contribution in [1.82, 2.24) is 9.55 Å². The van der Waals surface area contributed by atoms with Crippen molar-refractivity contribution < 1.29 is 4.74 Å². The summed E-state index contributed by atoms with van der Waals surface area (Å²) in [6.45, 7) is 0.705. The Hall–Kier alpha value is -1.21. The van der Waals surface area contributed by atoms with E-state index in [-0.39, 0.29) is 12.3 Å². The summed E-state index contributed by atoms with van der Waals surface area (Å²) in [4.78, 5) is 15.6. The summed E-state index contributed by atoms with van der Waals surface area (Å²) in [6, 6.07) is 9.83. The number of nitrogens with zero attached hydrogens (tertiary/aromatic N) is 2. The van der Waals surface area contributed by atoms with Crippen LogP contribution in [-0.2, 0) is 18.1 Å². The lowest BCUT2D eigenvalue weighted by atomic mass is 10.2. The number of hydrogen-bond acceptors (Lipinski definition) is 3. The molecule has 2 aromatic rings. The highest BCUT2D eigenvalue weighted by atomic mass is 127. The third-order valence-electron chi connectivity index (χ3n) is 2.20. The summed E-state index contributed by atoms with van der Waals surface area (Å²) in [5.74, 6) is 0. The van der Waals surface area contributed by atoms with E-state index in [4.69, 9.17) is 4.74 Å². The van der Waals surface area contributed by atoms with E-state index in [2.05, 4.69) is 4.98 Å². The van der Waals surface area contributed by atoms with Crippen LogP contribution in [0.3, 0.4) is 0 Å². The van der Waals surface area contributed by atoms with Gasteiger partial charge in [0.15, 0.2) is 0 Å². The van der Waals surface area contributed by atoms with Gasteiger partial charge in [-0.15, -0.1) is 0 Å². The second-order valence-corrected chi connectivity index (χ2v) is 4.64. The molecule has 0 amide bonds. The van der Waals surface area contributed by atoms with Crippen molar-refractivity contribution in [3.8, 4) is 0 Å². The molecule has 1 heterocycles. The van der Waals surface area contributed by atoms with E-state index < -0.39 is 0 Å². The van der Waals surface area contributed by atoms with Crippen molar-refractivity contribution in [3.63, 3.8) is 0 Å². The van der Waals surface area contributed by atoms with E-state index in [1.54, 1.807) is 0 Å². The van der Waals surface area contributed by atoms with Crippen molar-refractivity contribution in [2.24, 2.45) is 0 Å². The zero-order chi connectivity index (χ0) is 12.1. The molecular weight excluding hydrogens is 331 g/mol. The Bertz CT molecular complexity index is 540. The van der Waals surface area contributed by atoms with Gasteiger partial charge in [-0.3, -0.25) is 9.36 Å². The third-order valence-corrected chi connectivity index (χ3v) is 2.94.